The molecule has 0 bridgehead atoms. The van der Waals surface area contributed by atoms with Gasteiger partial charge in [0.25, 0.3) is 0 Å². The molecular formula is C13H18ClNOS. The summed E-state index contributed by atoms with van der Waals surface area (Å²) in [7, 11) is 0. The highest BCUT2D eigenvalue weighted by Gasteiger charge is 2.30. The van der Waals surface area contributed by atoms with Crippen LogP contribution in [-0.2, 0) is 4.74 Å². The van der Waals surface area contributed by atoms with Gasteiger partial charge in [-0.25, -0.2) is 0 Å². The molecule has 1 aliphatic heterocycles. The molecule has 0 atom stereocenters. The number of hydrogen-bond acceptors (Lipinski definition) is 3. The van der Waals surface area contributed by atoms with E-state index in [1.165, 1.54) is 10.6 Å². The van der Waals surface area contributed by atoms with Crippen LogP contribution in [0.4, 0.5) is 5.69 Å². The van der Waals surface area contributed by atoms with Gasteiger partial charge in [0, 0.05) is 22.2 Å². The first kappa shape index (κ1) is 13.1. The summed E-state index contributed by atoms with van der Waals surface area (Å²) in [6.45, 7) is 6.86. The molecule has 0 aromatic heterocycles. The smallest absolute Gasteiger partial charge is 0.0694 e. The number of nitrogens with zero attached hydrogens (tertiary/aromatic N) is 1. The van der Waals surface area contributed by atoms with Crippen LogP contribution in [0.2, 0.25) is 5.02 Å². The first-order chi connectivity index (χ1) is 8.03. The minimum absolute atomic E-state index is 0.0264. The molecule has 4 heteroatoms. The molecule has 1 aliphatic rings. The van der Waals surface area contributed by atoms with Crippen LogP contribution in [0.25, 0.3) is 0 Å². The van der Waals surface area contributed by atoms with Crippen LogP contribution < -0.4 is 4.90 Å². The Hall–Kier alpha value is -0.380. The Morgan fingerprint density at radius 1 is 1.35 bits per heavy atom. The van der Waals surface area contributed by atoms with Gasteiger partial charge in [-0.15, -0.1) is 11.8 Å². The zero-order chi connectivity index (χ0) is 12.5. The summed E-state index contributed by atoms with van der Waals surface area (Å²) in [5.41, 5.74) is 1.22. The normalized spacial score (nSPS) is 19.4. The van der Waals surface area contributed by atoms with Gasteiger partial charge >= 0.3 is 0 Å². The predicted octanol–water partition coefficient (Wildman–Crippen LogP) is 3.68. The number of morpholine rings is 1. The third kappa shape index (κ3) is 2.90. The zero-order valence-corrected chi connectivity index (χ0v) is 12.1. The molecule has 0 saturated carbocycles. The second-order valence-electron chi connectivity index (χ2n) is 4.87. The van der Waals surface area contributed by atoms with Crippen molar-refractivity contribution in [2.24, 2.45) is 0 Å². The number of rotatable bonds is 2. The van der Waals surface area contributed by atoms with E-state index in [2.05, 4.69) is 31.1 Å². The van der Waals surface area contributed by atoms with Gasteiger partial charge in [0.1, 0.15) is 0 Å². The van der Waals surface area contributed by atoms with E-state index in [0.717, 1.165) is 24.8 Å². The van der Waals surface area contributed by atoms with Crippen LogP contribution in [0.3, 0.4) is 0 Å². The van der Waals surface area contributed by atoms with Crippen LogP contribution in [-0.4, -0.2) is 31.6 Å². The highest BCUT2D eigenvalue weighted by molar-refractivity contribution is 7.98. The van der Waals surface area contributed by atoms with Crippen LogP contribution in [0.15, 0.2) is 23.1 Å². The van der Waals surface area contributed by atoms with Crippen molar-refractivity contribution >= 4 is 29.1 Å². The quantitative estimate of drug-likeness (QED) is 0.762. The van der Waals surface area contributed by atoms with Gasteiger partial charge in [0.2, 0.25) is 0 Å². The molecule has 0 radical (unpaired) electrons. The lowest BCUT2D eigenvalue weighted by atomic mass is 10.0. The maximum Gasteiger partial charge on any atom is 0.0694 e. The number of thioether (sulfide) groups is 1. The Bertz CT molecular complexity index is 408. The Balaban J connectivity index is 2.35. The van der Waals surface area contributed by atoms with Crippen molar-refractivity contribution in [1.29, 1.82) is 0 Å². The standard InChI is InChI=1S/C13H18ClNOS/c1-13(2)9-16-5-4-15(13)11-6-10(14)7-12(8-11)17-3/h6-8H,4-5,9H2,1-3H3. The van der Waals surface area contributed by atoms with E-state index in [4.69, 9.17) is 16.3 Å². The summed E-state index contributed by atoms with van der Waals surface area (Å²) in [4.78, 5) is 3.58. The number of halogens is 1. The fourth-order valence-corrected chi connectivity index (χ4v) is 2.94. The summed E-state index contributed by atoms with van der Waals surface area (Å²) in [5, 5.41) is 0.800. The Morgan fingerprint density at radius 2 is 2.12 bits per heavy atom. The second kappa shape index (κ2) is 5.09. The van der Waals surface area contributed by atoms with Gasteiger partial charge in [-0.05, 0) is 38.3 Å². The monoisotopic (exact) mass is 271 g/mol. The Labute approximate surface area is 112 Å². The first-order valence-electron chi connectivity index (χ1n) is 5.73. The average molecular weight is 272 g/mol. The molecule has 0 spiro atoms. The Kier molecular flexibility index (Phi) is 3.91. The maximum absolute atomic E-state index is 6.17. The molecule has 1 fully saturated rings. The van der Waals surface area contributed by atoms with Gasteiger partial charge in [-0.2, -0.15) is 0 Å². The molecule has 2 nitrogen and oxygen atoms in total. The molecule has 1 heterocycles. The van der Waals surface area contributed by atoms with Crippen molar-refractivity contribution in [3.05, 3.63) is 23.2 Å². The minimum atomic E-state index is 0.0264. The summed E-state index contributed by atoms with van der Waals surface area (Å²) in [6.07, 6.45) is 2.07. The van der Waals surface area contributed by atoms with Gasteiger partial charge in [0.05, 0.1) is 18.8 Å². The van der Waals surface area contributed by atoms with Crippen LogP contribution in [0.5, 0.6) is 0 Å². The predicted molar refractivity (Wildman–Crippen MR) is 75.5 cm³/mol. The van der Waals surface area contributed by atoms with Crippen LogP contribution >= 0.6 is 23.4 Å². The molecular weight excluding hydrogens is 254 g/mol. The zero-order valence-electron chi connectivity index (χ0n) is 10.5. The van der Waals surface area contributed by atoms with E-state index in [1.807, 2.05) is 12.1 Å². The van der Waals surface area contributed by atoms with Gasteiger partial charge in [-0.1, -0.05) is 11.6 Å². The van der Waals surface area contributed by atoms with Gasteiger partial charge in [0.15, 0.2) is 0 Å². The highest BCUT2D eigenvalue weighted by atomic mass is 35.5. The summed E-state index contributed by atoms with van der Waals surface area (Å²) >= 11 is 7.89. The van der Waals surface area contributed by atoms with Crippen molar-refractivity contribution in [2.45, 2.75) is 24.3 Å². The fourth-order valence-electron chi connectivity index (χ4n) is 2.16. The van der Waals surface area contributed by atoms with E-state index >= 15 is 0 Å². The maximum atomic E-state index is 6.17. The summed E-state index contributed by atoms with van der Waals surface area (Å²) in [5.74, 6) is 0. The number of hydrogen-bond donors (Lipinski definition) is 0. The minimum Gasteiger partial charge on any atom is -0.377 e. The molecule has 94 valence electrons. The van der Waals surface area contributed by atoms with Crippen molar-refractivity contribution in [3.8, 4) is 0 Å². The number of benzene rings is 1. The van der Waals surface area contributed by atoms with E-state index in [0.29, 0.717) is 0 Å². The molecule has 0 unspecified atom stereocenters. The van der Waals surface area contributed by atoms with Crippen molar-refractivity contribution in [2.75, 3.05) is 30.9 Å². The molecule has 0 aliphatic carbocycles. The first-order valence-corrected chi connectivity index (χ1v) is 7.33. The lowest BCUT2D eigenvalue weighted by molar-refractivity contribution is 0.0644. The van der Waals surface area contributed by atoms with Crippen molar-refractivity contribution < 1.29 is 4.74 Å². The summed E-state index contributed by atoms with van der Waals surface area (Å²) in [6, 6.07) is 6.24. The lowest BCUT2D eigenvalue weighted by Gasteiger charge is -2.44. The van der Waals surface area contributed by atoms with Crippen LogP contribution in [0.1, 0.15) is 13.8 Å². The van der Waals surface area contributed by atoms with Crippen molar-refractivity contribution in [3.63, 3.8) is 0 Å². The highest BCUT2D eigenvalue weighted by Crippen LogP contribution is 2.32. The SMILES string of the molecule is CSc1cc(Cl)cc(N2CCOCC2(C)C)c1. The van der Waals surface area contributed by atoms with E-state index in [9.17, 15) is 0 Å². The molecule has 2 rings (SSSR count). The van der Waals surface area contributed by atoms with E-state index in [-0.39, 0.29) is 5.54 Å². The van der Waals surface area contributed by atoms with E-state index in [1.54, 1.807) is 11.8 Å². The molecule has 0 amide bonds. The largest absolute Gasteiger partial charge is 0.377 e. The molecule has 17 heavy (non-hydrogen) atoms. The lowest BCUT2D eigenvalue weighted by Crippen LogP contribution is -2.53. The van der Waals surface area contributed by atoms with Gasteiger partial charge in [-0.3, -0.25) is 0 Å². The molecule has 0 N–H and O–H groups in total. The van der Waals surface area contributed by atoms with Crippen molar-refractivity contribution in [1.82, 2.24) is 0 Å². The molecule has 1 aromatic carbocycles. The third-order valence-corrected chi connectivity index (χ3v) is 3.97. The third-order valence-electron chi connectivity index (χ3n) is 3.05. The average Bonchev–Trinajstić information content (AvgIpc) is 2.27. The summed E-state index contributed by atoms with van der Waals surface area (Å²) < 4.78 is 5.54. The van der Waals surface area contributed by atoms with Crippen LogP contribution in [0, 0.1) is 0 Å². The Morgan fingerprint density at radius 3 is 2.76 bits per heavy atom. The topological polar surface area (TPSA) is 12.5 Å². The number of anilines is 1. The molecule has 1 aromatic rings. The second-order valence-corrected chi connectivity index (χ2v) is 6.18. The van der Waals surface area contributed by atoms with Gasteiger partial charge < -0.3 is 9.64 Å². The number of ether oxygens (including phenoxy) is 1. The fraction of sp³-hybridized carbons (Fsp3) is 0.538. The molecule has 1 saturated heterocycles. The van der Waals surface area contributed by atoms with E-state index < -0.39 is 0 Å².